The zero-order chi connectivity index (χ0) is 23.4. The van der Waals surface area contributed by atoms with Crippen LogP contribution >= 0.6 is 15.9 Å². The van der Waals surface area contributed by atoms with Gasteiger partial charge in [-0.05, 0) is 72.5 Å². The molecule has 0 aliphatic carbocycles. The van der Waals surface area contributed by atoms with E-state index in [0.717, 1.165) is 27.5 Å². The SMILES string of the molecule is Cc1cnc2c(C(N)=O)cc(CBr)cc2c1.Cc1cnc2c(C(N)=O)cc(CO)cc2c1. The molecule has 0 bridgehead atoms. The third-order valence-electron chi connectivity index (χ3n) is 4.83. The van der Waals surface area contributed by atoms with Crippen molar-refractivity contribution in [3.05, 3.63) is 82.2 Å². The average molecular weight is 495 g/mol. The Labute approximate surface area is 193 Å². The Balaban J connectivity index is 0.000000181. The van der Waals surface area contributed by atoms with Crippen LogP contribution in [-0.2, 0) is 11.9 Å². The van der Waals surface area contributed by atoms with Gasteiger partial charge in [-0.1, -0.05) is 15.9 Å². The van der Waals surface area contributed by atoms with Crippen LogP contribution in [0.2, 0.25) is 0 Å². The Morgan fingerprint density at radius 2 is 1.25 bits per heavy atom. The molecular weight excluding hydrogens is 472 g/mol. The molecule has 4 aromatic rings. The summed E-state index contributed by atoms with van der Waals surface area (Å²) >= 11 is 3.37. The van der Waals surface area contributed by atoms with Crippen molar-refractivity contribution in [3.63, 3.8) is 0 Å². The number of nitrogens with two attached hydrogens (primary N) is 2. The zero-order valence-corrected chi connectivity index (χ0v) is 19.3. The third kappa shape index (κ3) is 5.09. The Morgan fingerprint density at radius 3 is 1.66 bits per heavy atom. The molecule has 2 aromatic heterocycles. The van der Waals surface area contributed by atoms with E-state index >= 15 is 0 Å². The summed E-state index contributed by atoms with van der Waals surface area (Å²) in [5.41, 5.74) is 16.4. The van der Waals surface area contributed by atoms with Crippen LogP contribution in [0.3, 0.4) is 0 Å². The van der Waals surface area contributed by atoms with Gasteiger partial charge in [-0.3, -0.25) is 19.6 Å². The quantitative estimate of drug-likeness (QED) is 0.372. The molecule has 0 unspecified atom stereocenters. The first-order valence-electron chi connectivity index (χ1n) is 9.78. The second-order valence-electron chi connectivity index (χ2n) is 7.48. The molecule has 0 radical (unpaired) electrons. The Kier molecular flexibility index (Phi) is 7.17. The van der Waals surface area contributed by atoms with E-state index in [1.165, 1.54) is 0 Å². The minimum absolute atomic E-state index is 0.121. The van der Waals surface area contributed by atoms with Crippen molar-refractivity contribution in [2.75, 3.05) is 0 Å². The second-order valence-corrected chi connectivity index (χ2v) is 8.04. The van der Waals surface area contributed by atoms with Gasteiger partial charge in [0.05, 0.1) is 28.8 Å². The predicted octanol–water partition coefficient (Wildman–Crippen LogP) is 3.67. The van der Waals surface area contributed by atoms with Crippen LogP contribution < -0.4 is 11.5 Å². The fourth-order valence-electron chi connectivity index (χ4n) is 3.39. The third-order valence-corrected chi connectivity index (χ3v) is 5.47. The molecule has 5 N–H and O–H groups in total. The van der Waals surface area contributed by atoms with Gasteiger partial charge in [-0.15, -0.1) is 0 Å². The van der Waals surface area contributed by atoms with Gasteiger partial charge in [0.1, 0.15) is 0 Å². The number of halogens is 1. The van der Waals surface area contributed by atoms with Crippen LogP contribution in [0.1, 0.15) is 43.0 Å². The van der Waals surface area contributed by atoms with Crippen molar-refractivity contribution < 1.29 is 14.7 Å². The van der Waals surface area contributed by atoms with Gasteiger partial charge >= 0.3 is 0 Å². The molecule has 0 fully saturated rings. The molecule has 164 valence electrons. The molecule has 2 heterocycles. The number of carbonyl (C=O) groups is 2. The molecule has 2 aromatic carbocycles. The smallest absolute Gasteiger partial charge is 0.250 e. The van der Waals surface area contributed by atoms with E-state index in [9.17, 15) is 9.59 Å². The summed E-state index contributed by atoms with van der Waals surface area (Å²) in [6, 6.07) is 11.1. The predicted molar refractivity (Wildman–Crippen MR) is 129 cm³/mol. The molecule has 0 spiro atoms. The first kappa shape index (κ1) is 23.3. The van der Waals surface area contributed by atoms with Gasteiger partial charge in [-0.25, -0.2) is 0 Å². The van der Waals surface area contributed by atoms with E-state index in [-0.39, 0.29) is 6.61 Å². The molecule has 7 nitrogen and oxygen atoms in total. The van der Waals surface area contributed by atoms with Gasteiger partial charge in [-0.2, -0.15) is 0 Å². The Bertz CT molecular complexity index is 1230. The summed E-state index contributed by atoms with van der Waals surface area (Å²) in [6.07, 6.45) is 3.43. The fourth-order valence-corrected chi connectivity index (χ4v) is 3.71. The number of rotatable bonds is 4. The highest BCUT2D eigenvalue weighted by Gasteiger charge is 2.11. The summed E-state index contributed by atoms with van der Waals surface area (Å²) in [4.78, 5) is 31.1. The van der Waals surface area contributed by atoms with Crippen LogP contribution in [0.4, 0.5) is 0 Å². The van der Waals surface area contributed by atoms with Crippen LogP contribution in [0.25, 0.3) is 21.8 Å². The van der Waals surface area contributed by atoms with Crippen LogP contribution in [0, 0.1) is 13.8 Å². The van der Waals surface area contributed by atoms with Gasteiger partial charge < -0.3 is 16.6 Å². The number of amides is 2. The number of hydrogen-bond donors (Lipinski definition) is 3. The normalized spacial score (nSPS) is 10.6. The molecule has 0 saturated heterocycles. The maximum absolute atomic E-state index is 11.3. The number of benzene rings is 2. The number of carbonyl (C=O) groups excluding carboxylic acids is 2. The highest BCUT2D eigenvalue weighted by molar-refractivity contribution is 9.08. The molecule has 0 aliphatic heterocycles. The maximum atomic E-state index is 11.3. The number of pyridine rings is 2. The lowest BCUT2D eigenvalue weighted by atomic mass is 10.0. The average Bonchev–Trinajstić information content (AvgIpc) is 2.77. The molecule has 0 saturated carbocycles. The first-order valence-corrected chi connectivity index (χ1v) is 10.9. The van der Waals surface area contributed by atoms with Gasteiger partial charge in [0, 0.05) is 28.5 Å². The van der Waals surface area contributed by atoms with E-state index in [4.69, 9.17) is 16.6 Å². The topological polar surface area (TPSA) is 132 Å². The van der Waals surface area contributed by atoms with Crippen LogP contribution in [-0.4, -0.2) is 26.9 Å². The number of primary amides is 2. The number of aryl methyl sites for hydroxylation is 2. The molecule has 0 atom stereocenters. The number of fused-ring (bicyclic) bond motifs is 2. The molecule has 32 heavy (non-hydrogen) atoms. The van der Waals surface area contributed by atoms with Gasteiger partial charge in [0.15, 0.2) is 0 Å². The van der Waals surface area contributed by atoms with Crippen molar-refractivity contribution in [1.82, 2.24) is 9.97 Å². The fraction of sp³-hybridized carbons (Fsp3) is 0.167. The minimum atomic E-state index is -0.531. The number of aromatic nitrogens is 2. The number of aliphatic hydroxyl groups is 1. The molecule has 0 aliphatic rings. The lowest BCUT2D eigenvalue weighted by Crippen LogP contribution is -2.12. The number of nitrogens with zero attached hydrogens (tertiary/aromatic N) is 2. The first-order chi connectivity index (χ1) is 15.2. The highest BCUT2D eigenvalue weighted by Crippen LogP contribution is 2.22. The summed E-state index contributed by atoms with van der Waals surface area (Å²) < 4.78 is 0. The van der Waals surface area contributed by atoms with E-state index in [1.807, 2.05) is 38.1 Å². The number of hydrogen-bond acceptors (Lipinski definition) is 5. The van der Waals surface area contributed by atoms with Crippen molar-refractivity contribution in [1.29, 1.82) is 0 Å². The largest absolute Gasteiger partial charge is 0.392 e. The van der Waals surface area contributed by atoms with E-state index in [0.29, 0.717) is 33.1 Å². The minimum Gasteiger partial charge on any atom is -0.392 e. The van der Waals surface area contributed by atoms with Crippen molar-refractivity contribution in [3.8, 4) is 0 Å². The Morgan fingerprint density at radius 1 is 0.812 bits per heavy atom. The molecule has 4 rings (SSSR count). The molecule has 2 amide bonds. The van der Waals surface area contributed by atoms with Crippen molar-refractivity contribution in [2.45, 2.75) is 25.8 Å². The molecular formula is C24H23BrN4O3. The number of aliphatic hydroxyl groups excluding tert-OH is 1. The maximum Gasteiger partial charge on any atom is 0.250 e. The monoisotopic (exact) mass is 494 g/mol. The summed E-state index contributed by atoms with van der Waals surface area (Å²) in [7, 11) is 0. The van der Waals surface area contributed by atoms with Gasteiger partial charge in [0.2, 0.25) is 0 Å². The summed E-state index contributed by atoms with van der Waals surface area (Å²) in [6.45, 7) is 3.77. The Hall–Kier alpha value is -3.36. The number of alkyl halides is 1. The standard InChI is InChI=1S/C12H11BrN2O.C12H12N2O2/c1-7-2-9-3-8(5-13)4-10(12(14)16)11(9)15-6-7;1-7-2-9-3-8(6-15)4-10(12(13)16)11(9)14-5-7/h2-4,6H,5H2,1H3,(H2,14,16);2-5,15H,6H2,1H3,(H2,13,16). The zero-order valence-electron chi connectivity index (χ0n) is 17.7. The van der Waals surface area contributed by atoms with E-state index in [1.54, 1.807) is 24.5 Å². The van der Waals surface area contributed by atoms with E-state index in [2.05, 4.69) is 25.9 Å². The van der Waals surface area contributed by atoms with Crippen LogP contribution in [0.15, 0.2) is 48.8 Å². The van der Waals surface area contributed by atoms with Gasteiger partial charge in [0.25, 0.3) is 11.8 Å². The van der Waals surface area contributed by atoms with E-state index < -0.39 is 11.8 Å². The summed E-state index contributed by atoms with van der Waals surface area (Å²) in [5.74, 6) is -0.971. The lowest BCUT2D eigenvalue weighted by molar-refractivity contribution is 0.0993. The second kappa shape index (κ2) is 9.84. The summed E-state index contributed by atoms with van der Waals surface area (Å²) in [5, 5.41) is 11.6. The van der Waals surface area contributed by atoms with Crippen molar-refractivity contribution >= 4 is 49.6 Å². The van der Waals surface area contributed by atoms with Crippen LogP contribution in [0.5, 0.6) is 0 Å². The lowest BCUT2D eigenvalue weighted by Gasteiger charge is -2.06. The molecule has 8 heteroatoms. The highest BCUT2D eigenvalue weighted by atomic mass is 79.9. The van der Waals surface area contributed by atoms with Crippen molar-refractivity contribution in [2.24, 2.45) is 11.5 Å².